The van der Waals surface area contributed by atoms with Crippen LogP contribution in [0, 0.1) is 0 Å². The molecule has 0 aliphatic heterocycles. The van der Waals surface area contributed by atoms with Crippen LogP contribution in [0.2, 0.25) is 0 Å². The molecule has 0 saturated heterocycles. The number of benzene rings is 1. The minimum absolute atomic E-state index is 0.666. The molecule has 0 aromatic heterocycles. The standard InChI is InChI=1S/C10H14BrNO/c11-10-4-1-3-9(7-10)8-13-6-2-5-12/h1,3-4,7H,2,5-6,8,12H2. The van der Waals surface area contributed by atoms with E-state index in [0.29, 0.717) is 13.2 Å². The zero-order valence-electron chi connectivity index (χ0n) is 7.50. The van der Waals surface area contributed by atoms with Crippen LogP contribution in [-0.2, 0) is 11.3 Å². The first-order valence-electron chi connectivity index (χ1n) is 4.35. The van der Waals surface area contributed by atoms with E-state index < -0.39 is 0 Å². The van der Waals surface area contributed by atoms with Crippen LogP contribution in [0.1, 0.15) is 12.0 Å². The molecule has 0 atom stereocenters. The number of rotatable bonds is 5. The van der Waals surface area contributed by atoms with Crippen LogP contribution >= 0.6 is 15.9 Å². The summed E-state index contributed by atoms with van der Waals surface area (Å²) in [7, 11) is 0. The Hall–Kier alpha value is -0.380. The van der Waals surface area contributed by atoms with Crippen LogP contribution in [0.4, 0.5) is 0 Å². The highest BCUT2D eigenvalue weighted by molar-refractivity contribution is 9.10. The van der Waals surface area contributed by atoms with Crippen LogP contribution in [0.25, 0.3) is 0 Å². The molecule has 0 amide bonds. The van der Waals surface area contributed by atoms with Crippen molar-refractivity contribution >= 4 is 15.9 Å². The molecule has 0 aliphatic carbocycles. The van der Waals surface area contributed by atoms with Gasteiger partial charge in [0.25, 0.3) is 0 Å². The fraction of sp³-hybridized carbons (Fsp3) is 0.400. The van der Waals surface area contributed by atoms with E-state index in [1.807, 2.05) is 18.2 Å². The van der Waals surface area contributed by atoms with Gasteiger partial charge in [-0.05, 0) is 30.7 Å². The molecule has 2 N–H and O–H groups in total. The van der Waals surface area contributed by atoms with Crippen LogP contribution in [-0.4, -0.2) is 13.2 Å². The van der Waals surface area contributed by atoms with E-state index in [1.54, 1.807) is 0 Å². The maximum absolute atomic E-state index is 5.41. The molecule has 72 valence electrons. The third kappa shape index (κ3) is 4.41. The number of halogens is 1. The van der Waals surface area contributed by atoms with Gasteiger partial charge >= 0.3 is 0 Å². The zero-order chi connectivity index (χ0) is 9.52. The van der Waals surface area contributed by atoms with Crippen LogP contribution in [0.5, 0.6) is 0 Å². The number of ether oxygens (including phenoxy) is 1. The van der Waals surface area contributed by atoms with Crippen molar-refractivity contribution in [3.63, 3.8) is 0 Å². The molecule has 0 spiro atoms. The number of hydrogen-bond donors (Lipinski definition) is 1. The summed E-state index contributed by atoms with van der Waals surface area (Å²) in [4.78, 5) is 0. The summed E-state index contributed by atoms with van der Waals surface area (Å²) in [6, 6.07) is 8.12. The molecule has 1 rings (SSSR count). The molecule has 2 nitrogen and oxygen atoms in total. The third-order valence-electron chi connectivity index (χ3n) is 1.65. The van der Waals surface area contributed by atoms with Gasteiger partial charge in [-0.2, -0.15) is 0 Å². The first kappa shape index (κ1) is 10.7. The molecular formula is C10H14BrNO. The fourth-order valence-corrected chi connectivity index (χ4v) is 1.45. The molecule has 0 unspecified atom stereocenters. The molecular weight excluding hydrogens is 230 g/mol. The Bertz CT molecular complexity index is 252. The van der Waals surface area contributed by atoms with Crippen molar-refractivity contribution in [2.24, 2.45) is 5.73 Å². The van der Waals surface area contributed by atoms with Crippen LogP contribution in [0.3, 0.4) is 0 Å². The predicted octanol–water partition coefficient (Wildman–Crippen LogP) is 2.31. The predicted molar refractivity (Wildman–Crippen MR) is 57.5 cm³/mol. The highest BCUT2D eigenvalue weighted by Crippen LogP contribution is 2.12. The molecule has 3 heteroatoms. The largest absolute Gasteiger partial charge is 0.377 e. The lowest BCUT2D eigenvalue weighted by Crippen LogP contribution is -2.04. The maximum atomic E-state index is 5.41. The van der Waals surface area contributed by atoms with E-state index in [4.69, 9.17) is 10.5 Å². The van der Waals surface area contributed by atoms with Gasteiger partial charge in [0.1, 0.15) is 0 Å². The first-order valence-corrected chi connectivity index (χ1v) is 5.14. The van der Waals surface area contributed by atoms with E-state index in [9.17, 15) is 0 Å². The second-order valence-corrected chi connectivity index (χ2v) is 3.74. The van der Waals surface area contributed by atoms with Crippen molar-refractivity contribution < 1.29 is 4.74 Å². The SMILES string of the molecule is NCCCOCc1cccc(Br)c1. The molecule has 1 aromatic rings. The third-order valence-corrected chi connectivity index (χ3v) is 2.14. The topological polar surface area (TPSA) is 35.2 Å². The Balaban J connectivity index is 2.28. The molecule has 0 heterocycles. The Morgan fingerprint density at radius 3 is 2.92 bits per heavy atom. The van der Waals surface area contributed by atoms with Crippen molar-refractivity contribution in [1.82, 2.24) is 0 Å². The minimum atomic E-state index is 0.666. The molecule has 0 bridgehead atoms. The van der Waals surface area contributed by atoms with Gasteiger partial charge in [-0.25, -0.2) is 0 Å². The Labute approximate surface area is 87.2 Å². The summed E-state index contributed by atoms with van der Waals surface area (Å²) < 4.78 is 6.50. The average Bonchev–Trinajstić information content (AvgIpc) is 2.13. The van der Waals surface area contributed by atoms with E-state index in [1.165, 1.54) is 5.56 Å². The fourth-order valence-electron chi connectivity index (χ4n) is 1.00. The normalized spacial score (nSPS) is 10.3. The molecule has 0 radical (unpaired) electrons. The monoisotopic (exact) mass is 243 g/mol. The van der Waals surface area contributed by atoms with Gasteiger partial charge < -0.3 is 10.5 Å². The van der Waals surface area contributed by atoms with Gasteiger partial charge in [-0.15, -0.1) is 0 Å². The summed E-state index contributed by atoms with van der Waals surface area (Å²) in [6.45, 7) is 2.10. The summed E-state index contributed by atoms with van der Waals surface area (Å²) in [5.41, 5.74) is 6.53. The Morgan fingerprint density at radius 1 is 1.38 bits per heavy atom. The van der Waals surface area contributed by atoms with Crippen molar-refractivity contribution in [2.75, 3.05) is 13.2 Å². The molecule has 13 heavy (non-hydrogen) atoms. The molecule has 0 fully saturated rings. The number of nitrogens with two attached hydrogens (primary N) is 1. The zero-order valence-corrected chi connectivity index (χ0v) is 9.09. The lowest BCUT2D eigenvalue weighted by molar-refractivity contribution is 0.120. The molecule has 0 saturated carbocycles. The van der Waals surface area contributed by atoms with Gasteiger partial charge in [0.2, 0.25) is 0 Å². The lowest BCUT2D eigenvalue weighted by atomic mass is 10.2. The van der Waals surface area contributed by atoms with Gasteiger partial charge in [-0.3, -0.25) is 0 Å². The van der Waals surface area contributed by atoms with Gasteiger partial charge in [0.15, 0.2) is 0 Å². The van der Waals surface area contributed by atoms with Crippen molar-refractivity contribution in [2.45, 2.75) is 13.0 Å². The highest BCUT2D eigenvalue weighted by atomic mass is 79.9. The van der Waals surface area contributed by atoms with Crippen LogP contribution < -0.4 is 5.73 Å². The summed E-state index contributed by atoms with van der Waals surface area (Å²) in [6.07, 6.45) is 0.925. The molecule has 0 aliphatic rings. The second-order valence-electron chi connectivity index (χ2n) is 2.82. The minimum Gasteiger partial charge on any atom is -0.377 e. The maximum Gasteiger partial charge on any atom is 0.0717 e. The molecule has 1 aromatic carbocycles. The Kier molecular flexibility index (Phi) is 5.05. The summed E-state index contributed by atoms with van der Waals surface area (Å²) in [5.74, 6) is 0. The summed E-state index contributed by atoms with van der Waals surface area (Å²) >= 11 is 3.41. The van der Waals surface area contributed by atoms with E-state index >= 15 is 0 Å². The highest BCUT2D eigenvalue weighted by Gasteiger charge is 1.93. The van der Waals surface area contributed by atoms with Gasteiger partial charge in [0.05, 0.1) is 6.61 Å². The summed E-state index contributed by atoms with van der Waals surface area (Å²) in [5, 5.41) is 0. The van der Waals surface area contributed by atoms with E-state index in [0.717, 1.165) is 17.5 Å². The smallest absolute Gasteiger partial charge is 0.0717 e. The van der Waals surface area contributed by atoms with Gasteiger partial charge in [0, 0.05) is 11.1 Å². The van der Waals surface area contributed by atoms with Crippen molar-refractivity contribution in [3.05, 3.63) is 34.3 Å². The van der Waals surface area contributed by atoms with Crippen molar-refractivity contribution in [1.29, 1.82) is 0 Å². The van der Waals surface area contributed by atoms with E-state index in [-0.39, 0.29) is 0 Å². The quantitative estimate of drug-likeness (QED) is 0.806. The van der Waals surface area contributed by atoms with Gasteiger partial charge in [-0.1, -0.05) is 28.1 Å². The van der Waals surface area contributed by atoms with Crippen molar-refractivity contribution in [3.8, 4) is 0 Å². The Morgan fingerprint density at radius 2 is 2.23 bits per heavy atom. The van der Waals surface area contributed by atoms with E-state index in [2.05, 4.69) is 22.0 Å². The van der Waals surface area contributed by atoms with Crippen LogP contribution in [0.15, 0.2) is 28.7 Å². The lowest BCUT2D eigenvalue weighted by Gasteiger charge is -2.03. The average molecular weight is 244 g/mol. The first-order chi connectivity index (χ1) is 6.33. The number of hydrogen-bond acceptors (Lipinski definition) is 2. The second kappa shape index (κ2) is 6.13.